The van der Waals surface area contributed by atoms with Gasteiger partial charge < -0.3 is 5.11 Å². The molecule has 2 aromatic carbocycles. The summed E-state index contributed by atoms with van der Waals surface area (Å²) in [6.07, 6.45) is 0.197. The molecule has 2 rings (SSSR count). The van der Waals surface area contributed by atoms with Crippen LogP contribution in [0, 0.1) is 27.7 Å². The van der Waals surface area contributed by atoms with Crippen molar-refractivity contribution in [2.45, 2.75) is 40.2 Å². The molecule has 0 aliphatic carbocycles. The van der Waals surface area contributed by atoms with Crippen LogP contribution in [-0.2, 0) is 6.42 Å². The highest BCUT2D eigenvalue weighted by molar-refractivity contribution is 9.10. The summed E-state index contributed by atoms with van der Waals surface area (Å²) >= 11 is 3.53. The lowest BCUT2D eigenvalue weighted by Crippen LogP contribution is -2.07. The van der Waals surface area contributed by atoms with Gasteiger partial charge in [0.2, 0.25) is 0 Å². The summed E-state index contributed by atoms with van der Waals surface area (Å²) in [5.74, 6) is 0. The summed E-state index contributed by atoms with van der Waals surface area (Å²) in [5.41, 5.74) is 7.16. The number of halogens is 1. The van der Waals surface area contributed by atoms with E-state index in [0.717, 1.165) is 15.6 Å². The Morgan fingerprint density at radius 3 is 2.25 bits per heavy atom. The lowest BCUT2D eigenvalue weighted by atomic mass is 9.92. The molecule has 2 heteroatoms. The first kappa shape index (κ1) is 15.3. The molecule has 0 saturated heterocycles. The second-order valence-corrected chi connectivity index (χ2v) is 6.41. The Morgan fingerprint density at radius 1 is 1.05 bits per heavy atom. The average Bonchev–Trinajstić information content (AvgIpc) is 2.36. The molecule has 0 aliphatic rings. The zero-order valence-corrected chi connectivity index (χ0v) is 14.1. The summed E-state index contributed by atoms with van der Waals surface area (Å²) in [6, 6.07) is 10.4. The van der Waals surface area contributed by atoms with Gasteiger partial charge in [0.05, 0.1) is 6.10 Å². The summed E-state index contributed by atoms with van der Waals surface area (Å²) in [4.78, 5) is 0. The second-order valence-electron chi connectivity index (χ2n) is 5.55. The van der Waals surface area contributed by atoms with E-state index < -0.39 is 6.10 Å². The van der Waals surface area contributed by atoms with Gasteiger partial charge in [0.15, 0.2) is 0 Å². The van der Waals surface area contributed by atoms with Crippen LogP contribution in [0.3, 0.4) is 0 Å². The van der Waals surface area contributed by atoms with E-state index >= 15 is 0 Å². The van der Waals surface area contributed by atoms with E-state index in [2.05, 4.69) is 48.8 Å². The van der Waals surface area contributed by atoms with E-state index in [1.807, 2.05) is 25.1 Å². The number of aliphatic hydroxyl groups is 1. The molecule has 0 spiro atoms. The minimum atomic E-state index is -0.465. The van der Waals surface area contributed by atoms with Gasteiger partial charge in [-0.05, 0) is 61.6 Å². The van der Waals surface area contributed by atoms with Crippen LogP contribution in [-0.4, -0.2) is 5.11 Å². The Hall–Kier alpha value is -1.12. The zero-order valence-electron chi connectivity index (χ0n) is 12.5. The SMILES string of the molecule is Cc1cc(C)c(CC(O)c2cccc(Br)c2C)c(C)c1. The molecule has 0 heterocycles. The van der Waals surface area contributed by atoms with Gasteiger partial charge in [-0.3, -0.25) is 0 Å². The van der Waals surface area contributed by atoms with Crippen LogP contribution in [0.15, 0.2) is 34.8 Å². The van der Waals surface area contributed by atoms with Gasteiger partial charge in [0.25, 0.3) is 0 Å². The Kier molecular flexibility index (Phi) is 4.66. The van der Waals surface area contributed by atoms with Crippen LogP contribution in [0.4, 0.5) is 0 Å². The van der Waals surface area contributed by atoms with Crippen molar-refractivity contribution >= 4 is 15.9 Å². The van der Waals surface area contributed by atoms with Crippen LogP contribution >= 0.6 is 15.9 Å². The van der Waals surface area contributed by atoms with Crippen molar-refractivity contribution in [3.05, 3.63) is 68.2 Å². The van der Waals surface area contributed by atoms with Crippen LogP contribution in [0.5, 0.6) is 0 Å². The van der Waals surface area contributed by atoms with E-state index in [0.29, 0.717) is 6.42 Å². The molecular weight excluding hydrogens is 312 g/mol. The van der Waals surface area contributed by atoms with Crippen molar-refractivity contribution in [2.24, 2.45) is 0 Å². The summed E-state index contributed by atoms with van der Waals surface area (Å²) in [6.45, 7) is 8.39. The minimum Gasteiger partial charge on any atom is -0.388 e. The Labute approximate surface area is 129 Å². The van der Waals surface area contributed by atoms with Crippen LogP contribution in [0.2, 0.25) is 0 Å². The van der Waals surface area contributed by atoms with Gasteiger partial charge in [-0.25, -0.2) is 0 Å². The molecular formula is C18H21BrO. The number of hydrogen-bond acceptors (Lipinski definition) is 1. The predicted molar refractivity (Wildman–Crippen MR) is 88.2 cm³/mol. The smallest absolute Gasteiger partial charge is 0.0833 e. The van der Waals surface area contributed by atoms with Crippen molar-refractivity contribution in [3.8, 4) is 0 Å². The van der Waals surface area contributed by atoms with E-state index in [9.17, 15) is 5.11 Å². The highest BCUT2D eigenvalue weighted by Crippen LogP contribution is 2.29. The van der Waals surface area contributed by atoms with Gasteiger partial charge in [-0.15, -0.1) is 0 Å². The number of aryl methyl sites for hydroxylation is 3. The van der Waals surface area contributed by atoms with Gasteiger partial charge >= 0.3 is 0 Å². The molecule has 1 atom stereocenters. The average molecular weight is 333 g/mol. The lowest BCUT2D eigenvalue weighted by Gasteiger charge is -2.18. The van der Waals surface area contributed by atoms with E-state index in [-0.39, 0.29) is 0 Å². The number of aliphatic hydroxyl groups excluding tert-OH is 1. The molecule has 2 aromatic rings. The topological polar surface area (TPSA) is 20.2 Å². The maximum absolute atomic E-state index is 10.6. The maximum Gasteiger partial charge on any atom is 0.0833 e. The van der Waals surface area contributed by atoms with E-state index in [1.54, 1.807) is 0 Å². The van der Waals surface area contributed by atoms with Gasteiger partial charge in [0, 0.05) is 10.9 Å². The molecule has 0 aromatic heterocycles. The fourth-order valence-corrected chi connectivity index (χ4v) is 3.20. The van der Waals surface area contributed by atoms with Crippen molar-refractivity contribution < 1.29 is 5.11 Å². The molecule has 0 radical (unpaired) electrons. The van der Waals surface area contributed by atoms with E-state index in [4.69, 9.17) is 0 Å². The molecule has 0 saturated carbocycles. The molecule has 0 aliphatic heterocycles. The lowest BCUT2D eigenvalue weighted by molar-refractivity contribution is 0.177. The minimum absolute atomic E-state index is 0.465. The van der Waals surface area contributed by atoms with Crippen molar-refractivity contribution in [2.75, 3.05) is 0 Å². The first-order valence-corrected chi connectivity index (χ1v) is 7.69. The standard InChI is InChI=1S/C18H21BrO/c1-11-8-12(2)16(13(3)9-11)10-18(20)15-6-5-7-17(19)14(15)4/h5-9,18,20H,10H2,1-4H3. The van der Waals surface area contributed by atoms with E-state index in [1.165, 1.54) is 22.3 Å². The number of benzene rings is 2. The van der Waals surface area contributed by atoms with Gasteiger partial charge in [0.1, 0.15) is 0 Å². The summed E-state index contributed by atoms with van der Waals surface area (Å²) < 4.78 is 1.05. The molecule has 1 N–H and O–H groups in total. The quantitative estimate of drug-likeness (QED) is 0.842. The highest BCUT2D eigenvalue weighted by Gasteiger charge is 2.15. The Morgan fingerprint density at radius 2 is 1.65 bits per heavy atom. The fraction of sp³-hybridized carbons (Fsp3) is 0.333. The van der Waals surface area contributed by atoms with Crippen molar-refractivity contribution in [1.82, 2.24) is 0 Å². The molecule has 20 heavy (non-hydrogen) atoms. The fourth-order valence-electron chi connectivity index (χ4n) is 2.82. The largest absolute Gasteiger partial charge is 0.388 e. The van der Waals surface area contributed by atoms with Crippen molar-refractivity contribution in [1.29, 1.82) is 0 Å². The van der Waals surface area contributed by atoms with Gasteiger partial charge in [-0.1, -0.05) is 45.8 Å². The molecule has 1 nitrogen and oxygen atoms in total. The predicted octanol–water partition coefficient (Wildman–Crippen LogP) is 4.96. The Bertz CT molecular complexity index is 608. The van der Waals surface area contributed by atoms with Crippen LogP contribution in [0.25, 0.3) is 0 Å². The zero-order chi connectivity index (χ0) is 14.9. The molecule has 0 fully saturated rings. The third-order valence-corrected chi connectivity index (χ3v) is 4.77. The molecule has 0 amide bonds. The van der Waals surface area contributed by atoms with Gasteiger partial charge in [-0.2, -0.15) is 0 Å². The third-order valence-electron chi connectivity index (χ3n) is 3.91. The molecule has 1 unspecified atom stereocenters. The number of rotatable bonds is 3. The Balaban J connectivity index is 2.33. The highest BCUT2D eigenvalue weighted by atomic mass is 79.9. The van der Waals surface area contributed by atoms with Crippen molar-refractivity contribution in [3.63, 3.8) is 0 Å². The van der Waals surface area contributed by atoms with Crippen LogP contribution < -0.4 is 0 Å². The molecule has 106 valence electrons. The monoisotopic (exact) mass is 332 g/mol. The first-order chi connectivity index (χ1) is 9.40. The second kappa shape index (κ2) is 6.11. The summed E-state index contributed by atoms with van der Waals surface area (Å²) in [7, 11) is 0. The summed E-state index contributed by atoms with van der Waals surface area (Å²) in [5, 5.41) is 10.6. The van der Waals surface area contributed by atoms with Crippen LogP contribution in [0.1, 0.15) is 39.5 Å². The maximum atomic E-state index is 10.6. The molecule has 0 bridgehead atoms. The number of hydrogen-bond donors (Lipinski definition) is 1. The first-order valence-electron chi connectivity index (χ1n) is 6.90. The normalized spacial score (nSPS) is 12.5. The third kappa shape index (κ3) is 3.13.